The summed E-state index contributed by atoms with van der Waals surface area (Å²) >= 11 is 0. The number of carbonyl (C=O) groups is 2. The summed E-state index contributed by atoms with van der Waals surface area (Å²) in [6.07, 6.45) is 4.92. The van der Waals surface area contributed by atoms with Crippen LogP contribution in [0.25, 0.3) is 0 Å². The molecule has 2 fully saturated rings. The van der Waals surface area contributed by atoms with Crippen molar-refractivity contribution in [3.63, 3.8) is 0 Å². The molecule has 1 amide bonds. The Balaban J connectivity index is 1.57. The lowest BCUT2D eigenvalue weighted by Gasteiger charge is -2.34. The Bertz CT molecular complexity index is 835. The second-order valence-corrected chi connectivity index (χ2v) is 10.6. The van der Waals surface area contributed by atoms with Crippen LogP contribution in [0.15, 0.2) is 29.2 Å². The zero-order valence-corrected chi connectivity index (χ0v) is 18.7. The molecule has 2 saturated heterocycles. The van der Waals surface area contributed by atoms with Crippen LogP contribution in [-0.2, 0) is 19.6 Å². The van der Waals surface area contributed by atoms with E-state index in [1.165, 1.54) is 28.6 Å². The first-order valence-electron chi connectivity index (χ1n) is 10.8. The molecule has 0 bridgehead atoms. The summed E-state index contributed by atoms with van der Waals surface area (Å²) in [6.45, 7) is 6.36. The highest BCUT2D eigenvalue weighted by atomic mass is 32.2. The summed E-state index contributed by atoms with van der Waals surface area (Å²) in [5, 5.41) is 0. The highest BCUT2D eigenvalue weighted by molar-refractivity contribution is 7.89. The van der Waals surface area contributed by atoms with Crippen molar-refractivity contribution in [3.8, 4) is 0 Å². The van der Waals surface area contributed by atoms with Crippen LogP contribution in [0.2, 0.25) is 0 Å². The Morgan fingerprint density at radius 3 is 2.10 bits per heavy atom. The molecule has 2 heterocycles. The minimum Gasteiger partial charge on any atom is -0.452 e. The van der Waals surface area contributed by atoms with Gasteiger partial charge in [0.2, 0.25) is 10.0 Å². The average molecular weight is 437 g/mol. The van der Waals surface area contributed by atoms with E-state index in [-0.39, 0.29) is 23.0 Å². The molecule has 1 aromatic rings. The minimum absolute atomic E-state index is 0.174. The molecule has 3 rings (SSSR count). The molecule has 0 saturated carbocycles. The number of ether oxygens (including phenoxy) is 1. The Morgan fingerprint density at radius 1 is 0.967 bits per heavy atom. The van der Waals surface area contributed by atoms with E-state index >= 15 is 0 Å². The molecule has 0 unspecified atom stereocenters. The predicted octanol–water partition coefficient (Wildman–Crippen LogP) is 2.91. The molecule has 2 atom stereocenters. The molecule has 2 aliphatic rings. The number of piperidine rings is 1. The van der Waals surface area contributed by atoms with E-state index in [2.05, 4.69) is 13.8 Å². The molecule has 2 aliphatic heterocycles. The van der Waals surface area contributed by atoms with Gasteiger partial charge in [0.15, 0.2) is 6.61 Å². The van der Waals surface area contributed by atoms with Crippen molar-refractivity contribution in [2.45, 2.75) is 50.8 Å². The summed E-state index contributed by atoms with van der Waals surface area (Å²) in [7, 11) is -3.56. The summed E-state index contributed by atoms with van der Waals surface area (Å²) in [5.74, 6) is 0.0569. The van der Waals surface area contributed by atoms with Crippen LogP contribution in [-0.4, -0.2) is 62.3 Å². The maximum Gasteiger partial charge on any atom is 0.338 e. The monoisotopic (exact) mass is 436 g/mol. The normalized spacial score (nSPS) is 23.6. The van der Waals surface area contributed by atoms with Crippen molar-refractivity contribution < 1.29 is 22.7 Å². The van der Waals surface area contributed by atoms with Gasteiger partial charge in [-0.1, -0.05) is 26.7 Å². The molecule has 0 N–H and O–H groups in total. The predicted molar refractivity (Wildman–Crippen MR) is 113 cm³/mol. The molecule has 30 heavy (non-hydrogen) atoms. The summed E-state index contributed by atoms with van der Waals surface area (Å²) in [5.41, 5.74) is 0.234. The topological polar surface area (TPSA) is 84.0 Å². The first-order chi connectivity index (χ1) is 14.3. The lowest BCUT2D eigenvalue weighted by atomic mass is 9.92. The van der Waals surface area contributed by atoms with Crippen molar-refractivity contribution in [1.29, 1.82) is 0 Å². The number of amides is 1. The van der Waals surface area contributed by atoms with E-state index in [1.807, 2.05) is 0 Å². The lowest BCUT2D eigenvalue weighted by molar-refractivity contribution is -0.137. The molecule has 0 radical (unpaired) electrons. The number of sulfonamides is 1. The number of carbonyl (C=O) groups excluding carboxylic acids is 2. The van der Waals surface area contributed by atoms with E-state index < -0.39 is 16.0 Å². The smallest absolute Gasteiger partial charge is 0.338 e. The Hall–Kier alpha value is -1.93. The van der Waals surface area contributed by atoms with E-state index in [4.69, 9.17) is 4.74 Å². The highest BCUT2D eigenvalue weighted by Gasteiger charge is 2.27. The number of hydrogen-bond acceptors (Lipinski definition) is 5. The molecular formula is C22H32N2O5S. The molecule has 1 aromatic carbocycles. The maximum absolute atomic E-state index is 12.8. The minimum atomic E-state index is -3.56. The zero-order valence-electron chi connectivity index (χ0n) is 17.9. The van der Waals surface area contributed by atoms with Crippen LogP contribution in [0.4, 0.5) is 0 Å². The quantitative estimate of drug-likeness (QED) is 0.663. The second kappa shape index (κ2) is 9.92. The van der Waals surface area contributed by atoms with Gasteiger partial charge >= 0.3 is 5.97 Å². The van der Waals surface area contributed by atoms with Crippen molar-refractivity contribution in [1.82, 2.24) is 9.21 Å². The number of esters is 1. The standard InChI is InChI=1S/C22H32N2O5S/c1-17-13-18(2)15-23(14-17)21(25)16-29-22(26)19-7-9-20(10-8-19)30(27,28)24-11-5-3-4-6-12-24/h7-10,17-18H,3-6,11-16H2,1-2H3/t17-,18+. The second-order valence-electron chi connectivity index (χ2n) is 8.66. The Morgan fingerprint density at radius 2 is 1.53 bits per heavy atom. The van der Waals surface area contributed by atoms with Gasteiger partial charge in [0.25, 0.3) is 5.91 Å². The summed E-state index contributed by atoms with van der Waals surface area (Å²) in [4.78, 5) is 26.6. The van der Waals surface area contributed by atoms with E-state index in [9.17, 15) is 18.0 Å². The van der Waals surface area contributed by atoms with Crippen molar-refractivity contribution >= 4 is 21.9 Å². The molecule has 0 spiro atoms. The van der Waals surface area contributed by atoms with Gasteiger partial charge in [0.05, 0.1) is 10.5 Å². The fourth-order valence-electron chi connectivity index (χ4n) is 4.36. The Labute approximate surface area is 179 Å². The molecular weight excluding hydrogens is 404 g/mol. The first kappa shape index (κ1) is 22.7. The lowest BCUT2D eigenvalue weighted by Crippen LogP contribution is -2.44. The molecule has 0 aromatic heterocycles. The van der Waals surface area contributed by atoms with E-state index in [1.54, 1.807) is 4.90 Å². The molecule has 7 nitrogen and oxygen atoms in total. The number of likely N-dealkylation sites (tertiary alicyclic amines) is 1. The molecule has 8 heteroatoms. The van der Waals surface area contributed by atoms with Crippen LogP contribution in [0.5, 0.6) is 0 Å². The van der Waals surface area contributed by atoms with Gasteiger partial charge in [-0.3, -0.25) is 4.79 Å². The van der Waals surface area contributed by atoms with Crippen molar-refractivity contribution in [3.05, 3.63) is 29.8 Å². The van der Waals surface area contributed by atoms with Crippen LogP contribution in [0.3, 0.4) is 0 Å². The SMILES string of the molecule is C[C@@H]1C[C@H](C)CN(C(=O)COC(=O)c2ccc(S(=O)(=O)N3CCCCCC3)cc2)C1. The Kier molecular flexibility index (Phi) is 7.52. The van der Waals surface area contributed by atoms with E-state index in [0.29, 0.717) is 38.0 Å². The van der Waals surface area contributed by atoms with Gasteiger partial charge in [-0.05, 0) is 55.4 Å². The van der Waals surface area contributed by atoms with Crippen molar-refractivity contribution in [2.24, 2.45) is 11.8 Å². The summed E-state index contributed by atoms with van der Waals surface area (Å²) in [6, 6.07) is 5.77. The third kappa shape index (κ3) is 5.60. The number of benzene rings is 1. The van der Waals surface area contributed by atoms with Crippen LogP contribution in [0.1, 0.15) is 56.3 Å². The number of rotatable bonds is 5. The fraction of sp³-hybridized carbons (Fsp3) is 0.636. The molecule has 166 valence electrons. The van der Waals surface area contributed by atoms with Gasteiger partial charge in [-0.2, -0.15) is 4.31 Å². The summed E-state index contributed by atoms with van der Waals surface area (Å²) < 4.78 is 32.3. The van der Waals surface area contributed by atoms with Crippen LogP contribution >= 0.6 is 0 Å². The van der Waals surface area contributed by atoms with Gasteiger partial charge in [-0.15, -0.1) is 0 Å². The highest BCUT2D eigenvalue weighted by Crippen LogP contribution is 2.22. The average Bonchev–Trinajstić information content (AvgIpc) is 3.01. The van der Waals surface area contributed by atoms with Crippen LogP contribution < -0.4 is 0 Å². The maximum atomic E-state index is 12.8. The number of nitrogens with zero attached hydrogens (tertiary/aromatic N) is 2. The van der Waals surface area contributed by atoms with Gasteiger partial charge in [0, 0.05) is 26.2 Å². The first-order valence-corrected chi connectivity index (χ1v) is 12.3. The van der Waals surface area contributed by atoms with Gasteiger partial charge in [0.1, 0.15) is 0 Å². The van der Waals surface area contributed by atoms with E-state index in [0.717, 1.165) is 32.1 Å². The van der Waals surface area contributed by atoms with Crippen molar-refractivity contribution in [2.75, 3.05) is 32.8 Å². The fourth-order valence-corrected chi connectivity index (χ4v) is 5.88. The third-order valence-electron chi connectivity index (χ3n) is 5.84. The molecule has 0 aliphatic carbocycles. The largest absolute Gasteiger partial charge is 0.452 e. The third-order valence-corrected chi connectivity index (χ3v) is 7.75. The van der Waals surface area contributed by atoms with Crippen LogP contribution in [0, 0.1) is 11.8 Å². The number of hydrogen-bond donors (Lipinski definition) is 0. The van der Waals surface area contributed by atoms with Gasteiger partial charge in [-0.25, -0.2) is 13.2 Å². The zero-order chi connectivity index (χ0) is 21.7. The van der Waals surface area contributed by atoms with Gasteiger partial charge < -0.3 is 9.64 Å².